The van der Waals surface area contributed by atoms with Gasteiger partial charge in [-0.05, 0) is 12.1 Å². The normalized spacial score (nSPS) is 17.4. The fourth-order valence-electron chi connectivity index (χ4n) is 4.11. The second kappa shape index (κ2) is 9.83. The predicted octanol–water partition coefficient (Wildman–Crippen LogP) is 4.19. The number of nitrogens with zero attached hydrogens (tertiary/aromatic N) is 4. The van der Waals surface area contributed by atoms with Gasteiger partial charge in [-0.3, -0.25) is 4.79 Å². The lowest BCUT2D eigenvalue weighted by molar-refractivity contribution is -0.137. The number of carbonyl (C=O) groups excluding carboxylic acids is 1. The SMILES string of the molecule is O=C1Nc2ccccc2C(c2ccccc2)=N[C@@H]1Nc1nnc(-c2ncc(C(F)(F)F)cc2NC2COC2)o1. The van der Waals surface area contributed by atoms with Gasteiger partial charge in [0.25, 0.3) is 11.8 Å². The summed E-state index contributed by atoms with van der Waals surface area (Å²) in [5.41, 5.74) is 1.86. The van der Waals surface area contributed by atoms with E-state index in [0.29, 0.717) is 30.8 Å². The molecule has 0 saturated carbocycles. The quantitative estimate of drug-likeness (QED) is 0.336. The molecule has 0 unspecified atom stereocenters. The minimum Gasteiger partial charge on any atom is -0.402 e. The highest BCUT2D eigenvalue weighted by Crippen LogP contribution is 2.35. The zero-order valence-electron chi connectivity index (χ0n) is 20.1. The number of pyridine rings is 1. The van der Waals surface area contributed by atoms with Gasteiger partial charge < -0.3 is 25.1 Å². The van der Waals surface area contributed by atoms with Gasteiger partial charge >= 0.3 is 12.2 Å². The molecule has 6 rings (SSSR count). The number of aromatic nitrogens is 3. The van der Waals surface area contributed by atoms with E-state index >= 15 is 0 Å². The number of benzodiazepines with no additional fused rings is 1. The van der Waals surface area contributed by atoms with Crippen LogP contribution < -0.4 is 16.0 Å². The number of aliphatic imine (C=N–C) groups is 1. The van der Waals surface area contributed by atoms with E-state index in [4.69, 9.17) is 9.15 Å². The molecule has 2 aromatic heterocycles. The molecular weight excluding hydrogens is 515 g/mol. The lowest BCUT2D eigenvalue weighted by Crippen LogP contribution is -2.40. The first-order valence-electron chi connectivity index (χ1n) is 11.9. The Bertz CT molecular complexity index is 1550. The highest BCUT2D eigenvalue weighted by atomic mass is 19.4. The number of halogens is 3. The molecule has 0 spiro atoms. The third kappa shape index (κ3) is 5.03. The Balaban J connectivity index is 1.32. The minimum atomic E-state index is -4.58. The highest BCUT2D eigenvalue weighted by Gasteiger charge is 2.33. The molecule has 3 N–H and O–H groups in total. The monoisotopic (exact) mass is 535 g/mol. The van der Waals surface area contributed by atoms with Crippen molar-refractivity contribution in [1.82, 2.24) is 15.2 Å². The third-order valence-corrected chi connectivity index (χ3v) is 6.09. The van der Waals surface area contributed by atoms with Crippen LogP contribution in [0.5, 0.6) is 0 Å². The van der Waals surface area contributed by atoms with Crippen LogP contribution in [0.2, 0.25) is 0 Å². The Labute approximate surface area is 219 Å². The number of nitrogens with one attached hydrogen (secondary N) is 3. The first-order valence-corrected chi connectivity index (χ1v) is 11.9. The van der Waals surface area contributed by atoms with Crippen molar-refractivity contribution in [2.75, 3.05) is 29.2 Å². The minimum absolute atomic E-state index is 0.0293. The van der Waals surface area contributed by atoms with Gasteiger partial charge in [-0.25, -0.2) is 9.98 Å². The molecule has 1 amide bonds. The van der Waals surface area contributed by atoms with Crippen LogP contribution in [-0.4, -0.2) is 52.2 Å². The fraction of sp³-hybridized carbons (Fsp3) is 0.192. The van der Waals surface area contributed by atoms with Gasteiger partial charge in [0.1, 0.15) is 0 Å². The summed E-state index contributed by atoms with van der Waals surface area (Å²) in [4.78, 5) is 21.7. The van der Waals surface area contributed by atoms with Crippen molar-refractivity contribution in [3.05, 3.63) is 83.6 Å². The van der Waals surface area contributed by atoms with Crippen LogP contribution in [0.25, 0.3) is 11.6 Å². The summed E-state index contributed by atoms with van der Waals surface area (Å²) in [5, 5.41) is 16.5. The number of para-hydroxylation sites is 1. The molecule has 0 radical (unpaired) electrons. The van der Waals surface area contributed by atoms with E-state index in [9.17, 15) is 18.0 Å². The van der Waals surface area contributed by atoms with Crippen molar-refractivity contribution in [2.45, 2.75) is 18.4 Å². The summed E-state index contributed by atoms with van der Waals surface area (Å²) < 4.78 is 50.7. The second-order valence-electron chi connectivity index (χ2n) is 8.83. The first-order chi connectivity index (χ1) is 18.8. The topological polar surface area (TPSA) is 127 Å². The molecule has 1 atom stereocenters. The lowest BCUT2D eigenvalue weighted by atomic mass is 10.0. The van der Waals surface area contributed by atoms with E-state index in [-0.39, 0.29) is 29.3 Å². The van der Waals surface area contributed by atoms with E-state index in [0.717, 1.165) is 17.2 Å². The van der Waals surface area contributed by atoms with Gasteiger partial charge in [0, 0.05) is 17.3 Å². The molecule has 4 aromatic rings. The predicted molar refractivity (Wildman–Crippen MR) is 135 cm³/mol. The molecule has 0 aliphatic carbocycles. The molecule has 39 heavy (non-hydrogen) atoms. The molecule has 2 aliphatic heterocycles. The Morgan fingerprint density at radius 2 is 1.74 bits per heavy atom. The number of anilines is 3. The maximum absolute atomic E-state index is 13.3. The number of fused-ring (bicyclic) bond motifs is 1. The Kier molecular flexibility index (Phi) is 6.19. The average Bonchev–Trinajstić information content (AvgIpc) is 3.31. The number of hydrogen-bond donors (Lipinski definition) is 3. The smallest absolute Gasteiger partial charge is 0.402 e. The standard InChI is InChI=1S/C26H20F3N7O3/c27-26(28,29)15-10-19(31-16-12-38-13-16)21(30-11-15)24-35-36-25(39-24)34-22-23(37)32-18-9-5-4-8-17(18)20(33-22)14-6-2-1-3-7-14/h1-11,16,22,31H,12-13H2,(H,32,37)(H,34,36)/t22-/m1/s1. The van der Waals surface area contributed by atoms with Crippen LogP contribution in [0.15, 0.2) is 76.3 Å². The Morgan fingerprint density at radius 3 is 2.49 bits per heavy atom. The van der Waals surface area contributed by atoms with Gasteiger partial charge in [-0.15, -0.1) is 5.10 Å². The molecule has 13 heteroatoms. The van der Waals surface area contributed by atoms with E-state index in [1.165, 1.54) is 0 Å². The molecular formula is C26H20F3N7O3. The van der Waals surface area contributed by atoms with Gasteiger partial charge in [0.05, 0.1) is 41.9 Å². The van der Waals surface area contributed by atoms with Gasteiger partial charge in [-0.1, -0.05) is 53.6 Å². The molecule has 0 bridgehead atoms. The van der Waals surface area contributed by atoms with Crippen LogP contribution in [0.1, 0.15) is 16.7 Å². The van der Waals surface area contributed by atoms with Gasteiger partial charge in [0.2, 0.25) is 6.17 Å². The van der Waals surface area contributed by atoms with E-state index in [1.807, 2.05) is 42.5 Å². The van der Waals surface area contributed by atoms with E-state index < -0.39 is 23.8 Å². The summed E-state index contributed by atoms with van der Waals surface area (Å²) in [6, 6.07) is 17.2. The van der Waals surface area contributed by atoms with Gasteiger partial charge in [0.15, 0.2) is 5.69 Å². The number of benzene rings is 2. The maximum Gasteiger partial charge on any atom is 0.417 e. The Hall–Kier alpha value is -4.78. The zero-order valence-corrected chi connectivity index (χ0v) is 20.1. The molecule has 1 saturated heterocycles. The number of hydrogen-bond acceptors (Lipinski definition) is 9. The molecule has 1 fully saturated rings. The summed E-state index contributed by atoms with van der Waals surface area (Å²) in [5.74, 6) is -0.605. The number of carbonyl (C=O) groups is 1. The first kappa shape index (κ1) is 24.6. The molecule has 10 nitrogen and oxygen atoms in total. The van der Waals surface area contributed by atoms with Crippen LogP contribution in [-0.2, 0) is 15.7 Å². The van der Waals surface area contributed by atoms with Crippen molar-refractivity contribution in [3.63, 3.8) is 0 Å². The van der Waals surface area contributed by atoms with Crippen molar-refractivity contribution < 1.29 is 27.1 Å². The zero-order chi connectivity index (χ0) is 27.0. The summed E-state index contributed by atoms with van der Waals surface area (Å²) in [6.45, 7) is 0.681. The molecule has 4 heterocycles. The van der Waals surface area contributed by atoms with Crippen molar-refractivity contribution >= 4 is 29.0 Å². The van der Waals surface area contributed by atoms with Crippen molar-refractivity contribution in [1.29, 1.82) is 0 Å². The number of ether oxygens (including phenoxy) is 1. The summed E-state index contributed by atoms with van der Waals surface area (Å²) >= 11 is 0. The summed E-state index contributed by atoms with van der Waals surface area (Å²) in [7, 11) is 0. The lowest BCUT2D eigenvalue weighted by Gasteiger charge is -2.28. The maximum atomic E-state index is 13.3. The molecule has 2 aromatic carbocycles. The van der Waals surface area contributed by atoms with Crippen LogP contribution in [0.3, 0.4) is 0 Å². The van der Waals surface area contributed by atoms with Crippen molar-refractivity contribution in [2.24, 2.45) is 4.99 Å². The van der Waals surface area contributed by atoms with Crippen LogP contribution in [0, 0.1) is 0 Å². The number of alkyl halides is 3. The highest BCUT2D eigenvalue weighted by molar-refractivity contribution is 6.19. The average molecular weight is 535 g/mol. The van der Waals surface area contributed by atoms with E-state index in [1.54, 1.807) is 12.1 Å². The largest absolute Gasteiger partial charge is 0.417 e. The van der Waals surface area contributed by atoms with Crippen LogP contribution >= 0.6 is 0 Å². The third-order valence-electron chi connectivity index (χ3n) is 6.09. The number of amides is 1. The second-order valence-corrected chi connectivity index (χ2v) is 8.83. The van der Waals surface area contributed by atoms with Crippen molar-refractivity contribution in [3.8, 4) is 11.6 Å². The summed E-state index contributed by atoms with van der Waals surface area (Å²) in [6.07, 6.45) is -5.04. The molecule has 2 aliphatic rings. The van der Waals surface area contributed by atoms with Crippen LogP contribution in [0.4, 0.5) is 30.6 Å². The number of rotatable bonds is 6. The molecule has 198 valence electrons. The Morgan fingerprint density at radius 1 is 0.974 bits per heavy atom. The van der Waals surface area contributed by atoms with E-state index in [2.05, 4.69) is 36.1 Å². The van der Waals surface area contributed by atoms with Gasteiger partial charge in [-0.2, -0.15) is 13.2 Å². The fourth-order valence-corrected chi connectivity index (χ4v) is 4.11.